The Morgan fingerprint density at radius 2 is 1.15 bits per heavy atom. The Kier molecular flexibility index (Phi) is 4.49. The normalized spacial score (nSPS) is 11.0. The van der Waals surface area contributed by atoms with Gasteiger partial charge in [-0.3, -0.25) is 0 Å². The third-order valence-corrected chi connectivity index (χ3v) is 6.09. The summed E-state index contributed by atoms with van der Waals surface area (Å²) in [6, 6.07) is 40.1. The van der Waals surface area contributed by atoms with Gasteiger partial charge < -0.3 is 4.57 Å². The molecule has 0 unspecified atom stereocenters. The summed E-state index contributed by atoms with van der Waals surface area (Å²) in [7, 11) is 0. The minimum Gasteiger partial charge on any atom is -0.309 e. The summed E-state index contributed by atoms with van der Waals surface area (Å²) < 4.78 is 2.33. The van der Waals surface area contributed by atoms with Crippen LogP contribution in [0.1, 0.15) is 5.69 Å². The van der Waals surface area contributed by atoms with E-state index in [-0.39, 0.29) is 0 Å². The molecule has 6 aromatic rings. The van der Waals surface area contributed by atoms with Crippen molar-refractivity contribution in [3.8, 4) is 34.0 Å². The van der Waals surface area contributed by atoms with E-state index in [1.165, 1.54) is 21.8 Å². The van der Waals surface area contributed by atoms with E-state index in [0.717, 1.165) is 27.9 Å². The van der Waals surface area contributed by atoms with Gasteiger partial charge in [-0.05, 0) is 64.7 Å². The van der Waals surface area contributed by atoms with E-state index >= 15 is 0 Å². The average molecular weight is 422 g/mol. The summed E-state index contributed by atoms with van der Waals surface area (Å²) in [5.74, 6) is 0. The number of aromatic nitrogens is 2. The maximum Gasteiger partial charge on any atom is 0.141 e. The quantitative estimate of drug-likeness (QED) is 0.299. The lowest BCUT2D eigenvalue weighted by Gasteiger charge is -2.11. The molecule has 0 spiro atoms. The zero-order valence-electron chi connectivity index (χ0n) is 17.8. The number of pyridine rings is 1. The van der Waals surface area contributed by atoms with Gasteiger partial charge in [0.05, 0.1) is 11.0 Å². The van der Waals surface area contributed by atoms with Gasteiger partial charge in [-0.1, -0.05) is 66.7 Å². The summed E-state index contributed by atoms with van der Waals surface area (Å²) in [6.45, 7) is 0. The van der Waals surface area contributed by atoms with Gasteiger partial charge >= 0.3 is 0 Å². The molecule has 0 amide bonds. The fourth-order valence-corrected chi connectivity index (χ4v) is 4.57. The SMILES string of the molecule is N#Cc1cc(-c2cccc(-c3cccc(-n4c5ccccc5c5ccccc54)c3)c2)ccn1. The van der Waals surface area contributed by atoms with E-state index in [2.05, 4.69) is 113 Å². The van der Waals surface area contributed by atoms with Crippen molar-refractivity contribution in [1.82, 2.24) is 9.55 Å². The molecule has 0 fully saturated rings. The topological polar surface area (TPSA) is 41.6 Å². The second-order valence-electron chi connectivity index (χ2n) is 8.04. The third-order valence-electron chi connectivity index (χ3n) is 6.09. The number of para-hydroxylation sites is 2. The number of rotatable bonds is 3. The van der Waals surface area contributed by atoms with E-state index in [1.54, 1.807) is 6.20 Å². The van der Waals surface area contributed by atoms with Crippen molar-refractivity contribution < 1.29 is 0 Å². The molecule has 3 heteroatoms. The molecule has 0 aliphatic rings. The maximum atomic E-state index is 9.20. The van der Waals surface area contributed by atoms with Crippen LogP contribution in [0.5, 0.6) is 0 Å². The fraction of sp³-hybridized carbons (Fsp3) is 0. The van der Waals surface area contributed by atoms with Crippen LogP contribution in [0.15, 0.2) is 115 Å². The Labute approximate surface area is 191 Å². The zero-order valence-corrected chi connectivity index (χ0v) is 17.8. The summed E-state index contributed by atoms with van der Waals surface area (Å²) in [5.41, 5.74) is 8.28. The highest BCUT2D eigenvalue weighted by molar-refractivity contribution is 6.09. The average Bonchev–Trinajstić information content (AvgIpc) is 3.23. The Morgan fingerprint density at radius 3 is 1.82 bits per heavy atom. The molecule has 0 bridgehead atoms. The Hall–Kier alpha value is -4.68. The molecule has 154 valence electrons. The second kappa shape index (κ2) is 7.78. The summed E-state index contributed by atoms with van der Waals surface area (Å²) in [5, 5.41) is 11.7. The van der Waals surface area contributed by atoms with Crippen LogP contribution in [0.3, 0.4) is 0 Å². The van der Waals surface area contributed by atoms with Gasteiger partial charge in [0, 0.05) is 22.7 Å². The first-order valence-corrected chi connectivity index (χ1v) is 10.9. The van der Waals surface area contributed by atoms with Gasteiger partial charge in [-0.2, -0.15) is 5.26 Å². The van der Waals surface area contributed by atoms with Gasteiger partial charge in [0.15, 0.2) is 0 Å². The van der Waals surface area contributed by atoms with Gasteiger partial charge in [0.1, 0.15) is 11.8 Å². The third kappa shape index (κ3) is 3.26. The van der Waals surface area contributed by atoms with Crippen molar-refractivity contribution in [2.45, 2.75) is 0 Å². The number of nitriles is 1. The van der Waals surface area contributed by atoms with Crippen LogP contribution >= 0.6 is 0 Å². The molecular weight excluding hydrogens is 402 g/mol. The number of nitrogens with zero attached hydrogens (tertiary/aromatic N) is 3. The molecule has 0 radical (unpaired) electrons. The van der Waals surface area contributed by atoms with Crippen LogP contribution in [-0.2, 0) is 0 Å². The highest BCUT2D eigenvalue weighted by Crippen LogP contribution is 2.33. The van der Waals surface area contributed by atoms with Gasteiger partial charge in [-0.25, -0.2) is 4.98 Å². The second-order valence-corrected chi connectivity index (χ2v) is 8.04. The van der Waals surface area contributed by atoms with Crippen LogP contribution in [0, 0.1) is 11.3 Å². The summed E-state index contributed by atoms with van der Waals surface area (Å²) in [4.78, 5) is 4.09. The minimum atomic E-state index is 0.422. The van der Waals surface area contributed by atoms with Crippen molar-refractivity contribution >= 4 is 21.8 Å². The molecule has 2 aromatic heterocycles. The van der Waals surface area contributed by atoms with Crippen LogP contribution in [-0.4, -0.2) is 9.55 Å². The largest absolute Gasteiger partial charge is 0.309 e. The first-order valence-electron chi connectivity index (χ1n) is 10.9. The molecule has 0 saturated carbocycles. The van der Waals surface area contributed by atoms with Crippen LogP contribution in [0.25, 0.3) is 49.7 Å². The van der Waals surface area contributed by atoms with Crippen LogP contribution in [0.2, 0.25) is 0 Å². The van der Waals surface area contributed by atoms with Crippen LogP contribution in [0.4, 0.5) is 0 Å². The summed E-state index contributed by atoms with van der Waals surface area (Å²) in [6.07, 6.45) is 1.68. The smallest absolute Gasteiger partial charge is 0.141 e. The predicted molar refractivity (Wildman–Crippen MR) is 134 cm³/mol. The lowest BCUT2D eigenvalue weighted by atomic mass is 9.99. The standard InChI is InChI=1S/C30H19N3/c31-20-25-18-24(15-16-32-25)22-8-5-7-21(17-22)23-9-6-10-26(19-23)33-29-13-3-1-11-27(29)28-12-2-4-14-30(28)33/h1-19H. The molecule has 0 saturated heterocycles. The molecule has 0 aliphatic carbocycles. The monoisotopic (exact) mass is 421 g/mol. The van der Waals surface area contributed by atoms with Crippen molar-refractivity contribution in [1.29, 1.82) is 5.26 Å². The molecule has 0 N–H and O–H groups in total. The van der Waals surface area contributed by atoms with E-state index < -0.39 is 0 Å². The number of hydrogen-bond acceptors (Lipinski definition) is 2. The van der Waals surface area contributed by atoms with Gasteiger partial charge in [0.2, 0.25) is 0 Å². The van der Waals surface area contributed by atoms with E-state index in [1.807, 2.05) is 12.1 Å². The number of fused-ring (bicyclic) bond motifs is 3. The van der Waals surface area contributed by atoms with Crippen LogP contribution < -0.4 is 0 Å². The lowest BCUT2D eigenvalue weighted by Crippen LogP contribution is -1.94. The Morgan fingerprint density at radius 1 is 0.576 bits per heavy atom. The minimum absolute atomic E-state index is 0.422. The van der Waals surface area contributed by atoms with E-state index in [0.29, 0.717) is 5.69 Å². The van der Waals surface area contributed by atoms with E-state index in [4.69, 9.17) is 0 Å². The molecule has 6 rings (SSSR count). The fourth-order valence-electron chi connectivity index (χ4n) is 4.57. The zero-order chi connectivity index (χ0) is 22.2. The van der Waals surface area contributed by atoms with Crippen molar-refractivity contribution in [3.63, 3.8) is 0 Å². The van der Waals surface area contributed by atoms with Gasteiger partial charge in [-0.15, -0.1) is 0 Å². The summed E-state index contributed by atoms with van der Waals surface area (Å²) >= 11 is 0. The highest BCUT2D eigenvalue weighted by atomic mass is 15.0. The first kappa shape index (κ1) is 19.0. The molecule has 4 aromatic carbocycles. The van der Waals surface area contributed by atoms with E-state index in [9.17, 15) is 5.26 Å². The molecule has 33 heavy (non-hydrogen) atoms. The molecular formula is C30H19N3. The Balaban J connectivity index is 1.50. The highest BCUT2D eigenvalue weighted by Gasteiger charge is 2.12. The Bertz CT molecular complexity index is 1630. The van der Waals surface area contributed by atoms with Crippen molar-refractivity contribution in [2.75, 3.05) is 0 Å². The number of benzene rings is 4. The molecule has 3 nitrogen and oxygen atoms in total. The van der Waals surface area contributed by atoms with Crippen molar-refractivity contribution in [2.24, 2.45) is 0 Å². The maximum absolute atomic E-state index is 9.20. The first-order chi connectivity index (χ1) is 16.3. The number of hydrogen-bond donors (Lipinski definition) is 0. The molecule has 0 aliphatic heterocycles. The predicted octanol–water partition coefficient (Wildman–Crippen LogP) is 7.38. The lowest BCUT2D eigenvalue weighted by molar-refractivity contribution is 1.18. The van der Waals surface area contributed by atoms with Gasteiger partial charge in [0.25, 0.3) is 0 Å². The van der Waals surface area contributed by atoms with Crippen molar-refractivity contribution in [3.05, 3.63) is 121 Å². The molecule has 2 heterocycles. The molecule has 0 atom stereocenters.